The number of hydrogen-bond donors (Lipinski definition) is 0. The molecule has 0 aromatic heterocycles. The fourth-order valence-electron chi connectivity index (χ4n) is 2.71. The molecule has 0 aliphatic carbocycles. The van der Waals surface area contributed by atoms with Crippen LogP contribution in [0, 0.1) is 11.8 Å². The molecule has 106 valence electrons. The molecule has 5 atom stereocenters. The van der Waals surface area contributed by atoms with Crippen molar-refractivity contribution in [3.05, 3.63) is 35.9 Å². The minimum Gasteiger partial charge on any atom is -0.368 e. The molecule has 1 fully saturated rings. The number of rotatable bonds is 4. The second-order valence-electron chi connectivity index (χ2n) is 5.41. The molecule has 2 nitrogen and oxygen atoms in total. The number of hydrogen-bond acceptors (Lipinski definition) is 2. The molecule has 0 bridgehead atoms. The Hall–Kier alpha value is -0.930. The molecule has 0 N–H and O–H groups in total. The minimum atomic E-state index is -1.32. The Morgan fingerprint density at radius 1 is 1.16 bits per heavy atom. The first-order chi connectivity index (χ1) is 9.13. The van der Waals surface area contributed by atoms with Gasteiger partial charge in [0.15, 0.2) is 0 Å². The summed E-state index contributed by atoms with van der Waals surface area (Å²) in [5, 5.41) is 0. The topological polar surface area (TPSA) is 18.5 Å². The van der Waals surface area contributed by atoms with E-state index in [1.165, 1.54) is 0 Å². The Morgan fingerprint density at radius 3 is 2.47 bits per heavy atom. The highest BCUT2D eigenvalue weighted by Crippen LogP contribution is 2.34. The van der Waals surface area contributed by atoms with E-state index in [-0.39, 0.29) is 12.0 Å². The van der Waals surface area contributed by atoms with Crippen molar-refractivity contribution in [2.45, 2.75) is 52.4 Å². The van der Waals surface area contributed by atoms with E-state index in [0.29, 0.717) is 12.5 Å². The predicted octanol–water partition coefficient (Wildman–Crippen LogP) is 3.95. The summed E-state index contributed by atoms with van der Waals surface area (Å²) in [6, 6.07) is 9.85. The first-order valence-corrected chi connectivity index (χ1v) is 7.08. The highest BCUT2D eigenvalue weighted by atomic mass is 19.1. The van der Waals surface area contributed by atoms with Crippen molar-refractivity contribution in [1.82, 2.24) is 0 Å². The van der Waals surface area contributed by atoms with Crippen LogP contribution in [0.1, 0.15) is 32.8 Å². The lowest BCUT2D eigenvalue weighted by Gasteiger charge is -2.41. The van der Waals surface area contributed by atoms with E-state index in [4.69, 9.17) is 9.47 Å². The van der Waals surface area contributed by atoms with Gasteiger partial charge in [-0.1, -0.05) is 51.1 Å². The molecule has 0 amide bonds. The molecule has 1 saturated heterocycles. The van der Waals surface area contributed by atoms with Gasteiger partial charge in [0.2, 0.25) is 6.36 Å². The monoisotopic (exact) mass is 266 g/mol. The van der Waals surface area contributed by atoms with Gasteiger partial charge in [0.25, 0.3) is 0 Å². The molecule has 3 heteroatoms. The van der Waals surface area contributed by atoms with Crippen molar-refractivity contribution in [1.29, 1.82) is 0 Å². The van der Waals surface area contributed by atoms with Crippen LogP contribution in [0.2, 0.25) is 0 Å². The molecule has 0 spiro atoms. The zero-order chi connectivity index (χ0) is 13.8. The Labute approximate surface area is 114 Å². The van der Waals surface area contributed by atoms with Gasteiger partial charge in [0.05, 0.1) is 12.7 Å². The Kier molecular flexibility index (Phi) is 4.94. The maximum atomic E-state index is 14.1. The van der Waals surface area contributed by atoms with Gasteiger partial charge >= 0.3 is 0 Å². The van der Waals surface area contributed by atoms with E-state index in [1.54, 1.807) is 0 Å². The maximum Gasteiger partial charge on any atom is 0.225 e. The third kappa shape index (κ3) is 3.34. The van der Waals surface area contributed by atoms with Crippen LogP contribution in [0.5, 0.6) is 0 Å². The summed E-state index contributed by atoms with van der Waals surface area (Å²) < 4.78 is 25.2. The molecule has 1 aromatic carbocycles. The Morgan fingerprint density at radius 2 is 1.84 bits per heavy atom. The SMILES string of the molecule is CCC1OC(F)C(OCc2ccccc2)C(C)C1C. The van der Waals surface area contributed by atoms with Crippen molar-refractivity contribution < 1.29 is 13.9 Å². The van der Waals surface area contributed by atoms with Crippen molar-refractivity contribution >= 4 is 0 Å². The van der Waals surface area contributed by atoms with Gasteiger partial charge in [-0.3, -0.25) is 0 Å². The molecule has 1 heterocycles. The van der Waals surface area contributed by atoms with Crippen LogP contribution in [0.25, 0.3) is 0 Å². The normalized spacial score (nSPS) is 35.3. The fourth-order valence-corrected chi connectivity index (χ4v) is 2.71. The third-order valence-electron chi connectivity index (χ3n) is 4.18. The zero-order valence-corrected chi connectivity index (χ0v) is 11.9. The lowest BCUT2D eigenvalue weighted by Crippen LogP contribution is -2.48. The predicted molar refractivity (Wildman–Crippen MR) is 73.4 cm³/mol. The number of ether oxygens (including phenoxy) is 2. The molecule has 0 radical (unpaired) electrons. The maximum absolute atomic E-state index is 14.1. The van der Waals surface area contributed by atoms with E-state index in [1.807, 2.05) is 37.3 Å². The molecule has 1 aliphatic rings. The van der Waals surface area contributed by atoms with Crippen molar-refractivity contribution in [3.63, 3.8) is 0 Å². The van der Waals surface area contributed by atoms with Crippen LogP contribution >= 0.6 is 0 Å². The summed E-state index contributed by atoms with van der Waals surface area (Å²) in [5.74, 6) is 0.482. The molecule has 1 aromatic rings. The summed E-state index contributed by atoms with van der Waals surface area (Å²) in [7, 11) is 0. The smallest absolute Gasteiger partial charge is 0.225 e. The van der Waals surface area contributed by atoms with Gasteiger partial charge in [-0.25, -0.2) is 4.39 Å². The van der Waals surface area contributed by atoms with Crippen LogP contribution in [0.3, 0.4) is 0 Å². The molecular formula is C16H23FO2. The summed E-state index contributed by atoms with van der Waals surface area (Å²) in [6.07, 6.45) is -0.948. The van der Waals surface area contributed by atoms with E-state index >= 15 is 0 Å². The summed E-state index contributed by atoms with van der Waals surface area (Å²) >= 11 is 0. The van der Waals surface area contributed by atoms with Gasteiger partial charge in [-0.15, -0.1) is 0 Å². The Balaban J connectivity index is 1.96. The standard InChI is InChI=1S/C16H23FO2/c1-4-14-11(2)12(3)15(16(17)19-14)18-10-13-8-6-5-7-9-13/h5-9,11-12,14-16H,4,10H2,1-3H3. The van der Waals surface area contributed by atoms with Crippen molar-refractivity contribution in [2.24, 2.45) is 11.8 Å². The van der Waals surface area contributed by atoms with Gasteiger partial charge in [0, 0.05) is 0 Å². The van der Waals surface area contributed by atoms with Gasteiger partial charge < -0.3 is 9.47 Å². The molecule has 0 saturated carbocycles. The van der Waals surface area contributed by atoms with Crippen LogP contribution in [-0.4, -0.2) is 18.6 Å². The largest absolute Gasteiger partial charge is 0.368 e. The van der Waals surface area contributed by atoms with Crippen molar-refractivity contribution in [3.8, 4) is 0 Å². The summed E-state index contributed by atoms with van der Waals surface area (Å²) in [6.45, 7) is 6.64. The van der Waals surface area contributed by atoms with E-state index in [0.717, 1.165) is 12.0 Å². The van der Waals surface area contributed by atoms with Crippen LogP contribution in [0.4, 0.5) is 4.39 Å². The third-order valence-corrected chi connectivity index (χ3v) is 4.18. The average molecular weight is 266 g/mol. The first-order valence-electron chi connectivity index (χ1n) is 7.08. The number of alkyl halides is 1. The van der Waals surface area contributed by atoms with Gasteiger partial charge in [-0.05, 0) is 23.8 Å². The van der Waals surface area contributed by atoms with Crippen LogP contribution < -0.4 is 0 Å². The van der Waals surface area contributed by atoms with Crippen LogP contribution in [0.15, 0.2) is 30.3 Å². The van der Waals surface area contributed by atoms with Gasteiger partial charge in [-0.2, -0.15) is 0 Å². The van der Waals surface area contributed by atoms with E-state index in [2.05, 4.69) is 13.8 Å². The van der Waals surface area contributed by atoms with Gasteiger partial charge in [0.1, 0.15) is 6.10 Å². The van der Waals surface area contributed by atoms with E-state index in [9.17, 15) is 4.39 Å². The second-order valence-corrected chi connectivity index (χ2v) is 5.41. The van der Waals surface area contributed by atoms with Crippen molar-refractivity contribution in [2.75, 3.05) is 0 Å². The lowest BCUT2D eigenvalue weighted by atomic mass is 9.83. The highest BCUT2D eigenvalue weighted by Gasteiger charge is 2.41. The number of halogens is 1. The molecule has 2 rings (SSSR count). The number of benzene rings is 1. The quantitative estimate of drug-likeness (QED) is 0.821. The fraction of sp³-hybridized carbons (Fsp3) is 0.625. The molecular weight excluding hydrogens is 243 g/mol. The molecule has 19 heavy (non-hydrogen) atoms. The zero-order valence-electron chi connectivity index (χ0n) is 11.9. The molecule has 1 aliphatic heterocycles. The summed E-state index contributed by atoms with van der Waals surface area (Å²) in [5.41, 5.74) is 1.06. The summed E-state index contributed by atoms with van der Waals surface area (Å²) in [4.78, 5) is 0. The Bertz CT molecular complexity index is 382. The van der Waals surface area contributed by atoms with Crippen LogP contribution in [-0.2, 0) is 16.1 Å². The first kappa shape index (κ1) is 14.5. The second kappa shape index (κ2) is 6.49. The van der Waals surface area contributed by atoms with E-state index < -0.39 is 12.5 Å². The minimum absolute atomic E-state index is 0.00146. The highest BCUT2D eigenvalue weighted by molar-refractivity contribution is 5.13. The average Bonchev–Trinajstić information content (AvgIpc) is 2.44. The molecule has 5 unspecified atom stereocenters. The lowest BCUT2D eigenvalue weighted by molar-refractivity contribution is -0.235.